The molecule has 0 saturated carbocycles. The minimum Gasteiger partial charge on any atom is -0.497 e. The summed E-state index contributed by atoms with van der Waals surface area (Å²) in [4.78, 5) is 12.4. The van der Waals surface area contributed by atoms with Crippen LogP contribution in [-0.4, -0.2) is 51.7 Å². The molecule has 1 atom stereocenters. The summed E-state index contributed by atoms with van der Waals surface area (Å²) in [5.41, 5.74) is 3.06. The Bertz CT molecular complexity index is 1230. The molecule has 0 radical (unpaired) electrons. The van der Waals surface area contributed by atoms with Gasteiger partial charge in [-0.25, -0.2) is 9.18 Å². The largest absolute Gasteiger partial charge is 0.497 e. The van der Waals surface area contributed by atoms with Crippen molar-refractivity contribution >= 4 is 17.6 Å². The van der Waals surface area contributed by atoms with Gasteiger partial charge in [0.05, 0.1) is 26.9 Å². The minimum atomic E-state index is -0.740. The molecule has 0 amide bonds. The third-order valence-corrected chi connectivity index (χ3v) is 5.70. The quantitative estimate of drug-likeness (QED) is 0.213. The van der Waals surface area contributed by atoms with Crippen LogP contribution < -0.4 is 19.5 Å². The molecule has 7 nitrogen and oxygen atoms in total. The van der Waals surface area contributed by atoms with E-state index in [0.29, 0.717) is 52.6 Å². The van der Waals surface area contributed by atoms with Gasteiger partial charge in [-0.1, -0.05) is 24.3 Å². The first-order chi connectivity index (χ1) is 17.8. The standard InChI is InChI=1S/C29H32FNO6/c1-19-13-20(5-12-27(19)30)14-26(29(33)36-4)21-6-9-24(10-7-21)37-18-23(32)17-31-16-22-8-11-25(34-2)15-28(22)35-3/h5-15,23,31-32H,16-18H2,1-4H3/b26-14-. The summed E-state index contributed by atoms with van der Waals surface area (Å²) in [5, 5.41) is 13.5. The lowest BCUT2D eigenvalue weighted by Gasteiger charge is -2.15. The maximum Gasteiger partial charge on any atom is 0.338 e. The number of carbonyl (C=O) groups is 1. The highest BCUT2D eigenvalue weighted by atomic mass is 19.1. The number of aryl methyl sites for hydroxylation is 1. The maximum absolute atomic E-state index is 13.6. The predicted molar refractivity (Wildman–Crippen MR) is 140 cm³/mol. The molecule has 0 saturated heterocycles. The number of hydrogen-bond acceptors (Lipinski definition) is 7. The number of esters is 1. The first-order valence-corrected chi connectivity index (χ1v) is 11.7. The van der Waals surface area contributed by atoms with Gasteiger partial charge in [-0.15, -0.1) is 0 Å². The summed E-state index contributed by atoms with van der Waals surface area (Å²) >= 11 is 0. The Morgan fingerprint density at radius 1 is 1.00 bits per heavy atom. The van der Waals surface area contributed by atoms with Crippen LogP contribution in [0.1, 0.15) is 22.3 Å². The van der Waals surface area contributed by atoms with Gasteiger partial charge in [0.1, 0.15) is 35.8 Å². The van der Waals surface area contributed by atoms with Crippen LogP contribution in [0.5, 0.6) is 17.2 Å². The Morgan fingerprint density at radius 2 is 1.73 bits per heavy atom. The molecule has 0 aromatic heterocycles. The average Bonchev–Trinajstić information content (AvgIpc) is 2.92. The molecule has 196 valence electrons. The molecule has 0 bridgehead atoms. The first-order valence-electron chi connectivity index (χ1n) is 11.7. The highest BCUT2D eigenvalue weighted by molar-refractivity contribution is 6.21. The van der Waals surface area contributed by atoms with Crippen molar-refractivity contribution < 1.29 is 33.2 Å². The molecule has 3 aromatic rings. The fourth-order valence-corrected chi connectivity index (χ4v) is 3.65. The fraction of sp³-hybridized carbons (Fsp3) is 0.276. The van der Waals surface area contributed by atoms with Crippen LogP contribution in [0.3, 0.4) is 0 Å². The van der Waals surface area contributed by atoms with Gasteiger partial charge in [-0.05, 0) is 60.0 Å². The van der Waals surface area contributed by atoms with Crippen LogP contribution in [0.25, 0.3) is 11.6 Å². The Kier molecular flexibility index (Phi) is 10.1. The number of aliphatic hydroxyl groups is 1. The molecule has 0 fully saturated rings. The highest BCUT2D eigenvalue weighted by Crippen LogP contribution is 2.25. The zero-order chi connectivity index (χ0) is 26.8. The Labute approximate surface area is 216 Å². The van der Waals surface area contributed by atoms with E-state index in [9.17, 15) is 14.3 Å². The van der Waals surface area contributed by atoms with Crippen LogP contribution in [0.15, 0.2) is 60.7 Å². The van der Waals surface area contributed by atoms with Crippen molar-refractivity contribution in [3.05, 3.63) is 88.7 Å². The van der Waals surface area contributed by atoms with Crippen LogP contribution in [0.2, 0.25) is 0 Å². The van der Waals surface area contributed by atoms with Gasteiger partial charge in [0.2, 0.25) is 0 Å². The van der Waals surface area contributed by atoms with E-state index in [4.69, 9.17) is 18.9 Å². The van der Waals surface area contributed by atoms with E-state index in [1.54, 1.807) is 63.6 Å². The topological polar surface area (TPSA) is 86.3 Å². The molecule has 0 spiro atoms. The molecule has 0 heterocycles. The number of nitrogens with one attached hydrogen (secondary N) is 1. The number of hydrogen-bond donors (Lipinski definition) is 2. The van der Waals surface area contributed by atoms with Crippen molar-refractivity contribution in [3.63, 3.8) is 0 Å². The Hall–Kier alpha value is -3.88. The van der Waals surface area contributed by atoms with Crippen LogP contribution in [0.4, 0.5) is 4.39 Å². The second kappa shape index (κ2) is 13.4. The van der Waals surface area contributed by atoms with Crippen LogP contribution >= 0.6 is 0 Å². The minimum absolute atomic E-state index is 0.0840. The van der Waals surface area contributed by atoms with Gasteiger partial charge >= 0.3 is 5.97 Å². The molecule has 1 unspecified atom stereocenters. The zero-order valence-corrected chi connectivity index (χ0v) is 21.4. The van der Waals surface area contributed by atoms with Crippen LogP contribution in [0, 0.1) is 12.7 Å². The number of ether oxygens (including phenoxy) is 4. The molecule has 0 aliphatic rings. The van der Waals surface area contributed by atoms with E-state index < -0.39 is 12.1 Å². The summed E-state index contributed by atoms with van der Waals surface area (Å²) in [5.74, 6) is 1.13. The van der Waals surface area contributed by atoms with Gasteiger partial charge in [0.15, 0.2) is 0 Å². The molecular formula is C29H32FNO6. The molecule has 2 N–H and O–H groups in total. The zero-order valence-electron chi connectivity index (χ0n) is 21.4. The molecule has 3 aromatic carbocycles. The van der Waals surface area contributed by atoms with Gasteiger partial charge in [-0.3, -0.25) is 0 Å². The van der Waals surface area contributed by atoms with Crippen molar-refractivity contribution in [2.24, 2.45) is 0 Å². The lowest BCUT2D eigenvalue weighted by molar-refractivity contribution is -0.133. The predicted octanol–water partition coefficient (Wildman–Crippen LogP) is 4.39. The Morgan fingerprint density at radius 3 is 2.38 bits per heavy atom. The van der Waals surface area contributed by atoms with E-state index >= 15 is 0 Å². The molecule has 37 heavy (non-hydrogen) atoms. The summed E-state index contributed by atoms with van der Waals surface area (Å²) in [6, 6.07) is 17.1. The van der Waals surface area contributed by atoms with Gasteiger partial charge in [0.25, 0.3) is 0 Å². The summed E-state index contributed by atoms with van der Waals surface area (Å²) in [6.07, 6.45) is 0.914. The second-order valence-electron chi connectivity index (χ2n) is 8.36. The van der Waals surface area contributed by atoms with Crippen molar-refractivity contribution in [1.29, 1.82) is 0 Å². The van der Waals surface area contributed by atoms with Crippen molar-refractivity contribution in [2.75, 3.05) is 34.5 Å². The third-order valence-electron chi connectivity index (χ3n) is 5.70. The summed E-state index contributed by atoms with van der Waals surface area (Å²) in [6.45, 7) is 2.58. The van der Waals surface area contributed by atoms with Crippen LogP contribution in [-0.2, 0) is 16.1 Å². The normalized spacial score (nSPS) is 12.1. The summed E-state index contributed by atoms with van der Waals surface area (Å²) < 4.78 is 34.8. The maximum atomic E-state index is 13.6. The van der Waals surface area contributed by atoms with E-state index in [1.165, 1.54) is 13.2 Å². The molecule has 3 rings (SSSR count). The van der Waals surface area contributed by atoms with E-state index in [1.807, 2.05) is 18.2 Å². The average molecular weight is 510 g/mol. The number of aliphatic hydroxyl groups excluding tert-OH is 1. The third kappa shape index (κ3) is 7.80. The van der Waals surface area contributed by atoms with Crippen molar-refractivity contribution in [1.82, 2.24) is 5.32 Å². The molecule has 0 aliphatic carbocycles. The molecule has 0 aliphatic heterocycles. The van der Waals surface area contributed by atoms with E-state index in [-0.39, 0.29) is 12.4 Å². The highest BCUT2D eigenvalue weighted by Gasteiger charge is 2.14. The SMILES string of the molecule is COC(=O)/C(=C\c1ccc(F)c(C)c1)c1ccc(OCC(O)CNCc2ccc(OC)cc2OC)cc1. The monoisotopic (exact) mass is 509 g/mol. The number of carbonyl (C=O) groups excluding carboxylic acids is 1. The Balaban J connectivity index is 1.56. The van der Waals surface area contributed by atoms with Crippen molar-refractivity contribution in [2.45, 2.75) is 19.6 Å². The van der Waals surface area contributed by atoms with E-state index in [0.717, 1.165) is 5.56 Å². The lowest BCUT2D eigenvalue weighted by atomic mass is 10.0. The number of halogens is 1. The molecule has 8 heteroatoms. The summed E-state index contributed by atoms with van der Waals surface area (Å²) in [7, 11) is 4.50. The smallest absolute Gasteiger partial charge is 0.338 e. The molecular weight excluding hydrogens is 477 g/mol. The number of benzene rings is 3. The van der Waals surface area contributed by atoms with E-state index in [2.05, 4.69) is 5.32 Å². The lowest BCUT2D eigenvalue weighted by Crippen LogP contribution is -2.31. The van der Waals surface area contributed by atoms with Gasteiger partial charge < -0.3 is 29.4 Å². The fourth-order valence-electron chi connectivity index (χ4n) is 3.65. The number of rotatable bonds is 12. The second-order valence-corrected chi connectivity index (χ2v) is 8.36. The van der Waals surface area contributed by atoms with Gasteiger partial charge in [0, 0.05) is 24.7 Å². The number of methoxy groups -OCH3 is 3. The van der Waals surface area contributed by atoms with Gasteiger partial charge in [-0.2, -0.15) is 0 Å². The first kappa shape index (κ1) is 27.7. The van der Waals surface area contributed by atoms with Crippen molar-refractivity contribution in [3.8, 4) is 17.2 Å².